The number of ketones is 1. The molecule has 0 amide bonds. The maximum absolute atomic E-state index is 12.3. The summed E-state index contributed by atoms with van der Waals surface area (Å²) in [7, 11) is 1.62. The lowest BCUT2D eigenvalue weighted by Crippen LogP contribution is -2.15. The van der Waals surface area contributed by atoms with Crippen molar-refractivity contribution in [3.8, 4) is 0 Å². The summed E-state index contributed by atoms with van der Waals surface area (Å²) in [6.07, 6.45) is 1.93. The Hall–Kier alpha value is -1.05. The van der Waals surface area contributed by atoms with Gasteiger partial charge in [0.1, 0.15) is 5.69 Å². The molecular weight excluding hydrogens is 330 g/mol. The van der Waals surface area contributed by atoms with Crippen LogP contribution in [0.5, 0.6) is 0 Å². The van der Waals surface area contributed by atoms with E-state index in [1.165, 1.54) is 0 Å². The van der Waals surface area contributed by atoms with Crippen LogP contribution in [0.4, 0.5) is 0 Å². The second kappa shape index (κ2) is 6.40. The minimum Gasteiger partial charge on any atom is -0.383 e. The van der Waals surface area contributed by atoms with Crippen molar-refractivity contribution < 1.29 is 9.53 Å². The van der Waals surface area contributed by atoms with E-state index in [0.29, 0.717) is 29.7 Å². The average molecular weight is 344 g/mol. The van der Waals surface area contributed by atoms with Gasteiger partial charge < -0.3 is 4.74 Å². The molecule has 0 aliphatic heterocycles. The minimum absolute atomic E-state index is 0.00535. The largest absolute Gasteiger partial charge is 0.383 e. The number of aromatic nitrogens is 3. The maximum Gasteiger partial charge on any atom is 0.187 e. The van der Waals surface area contributed by atoms with Crippen molar-refractivity contribution in [2.75, 3.05) is 13.7 Å². The molecule has 0 fully saturated rings. The van der Waals surface area contributed by atoms with Crippen molar-refractivity contribution in [2.45, 2.75) is 19.9 Å². The molecule has 7 heteroatoms. The number of hydrogen-bond donors (Lipinski definition) is 0. The number of methoxy groups -OCH3 is 1. The van der Waals surface area contributed by atoms with Crippen molar-refractivity contribution >= 4 is 33.0 Å². The maximum atomic E-state index is 12.3. The Labute approximate surface area is 123 Å². The van der Waals surface area contributed by atoms with Crippen LogP contribution in [0.3, 0.4) is 0 Å². The smallest absolute Gasteiger partial charge is 0.187 e. The van der Waals surface area contributed by atoms with Gasteiger partial charge in [0.2, 0.25) is 0 Å². The number of halogens is 1. The van der Waals surface area contributed by atoms with Gasteiger partial charge in [0.05, 0.1) is 40.9 Å². The fourth-order valence-corrected chi connectivity index (χ4v) is 2.85. The quantitative estimate of drug-likeness (QED) is 0.756. The average Bonchev–Trinajstić information content (AvgIpc) is 2.93. The van der Waals surface area contributed by atoms with Crippen molar-refractivity contribution in [3.63, 3.8) is 0 Å². The van der Waals surface area contributed by atoms with Crippen molar-refractivity contribution in [3.05, 3.63) is 32.4 Å². The summed E-state index contributed by atoms with van der Waals surface area (Å²) >= 11 is 4.91. The van der Waals surface area contributed by atoms with E-state index in [9.17, 15) is 4.79 Å². The van der Waals surface area contributed by atoms with Crippen LogP contribution in [0.15, 0.2) is 16.0 Å². The fourth-order valence-electron chi connectivity index (χ4n) is 1.72. The number of ether oxygens (including phenoxy) is 1. The highest BCUT2D eigenvalue weighted by atomic mass is 79.9. The SMILES string of the molecule is COCCn1ncc(Br)c1C(=O)Cc1csc(C)n1. The summed E-state index contributed by atoms with van der Waals surface area (Å²) in [5.41, 5.74) is 1.38. The van der Waals surface area contributed by atoms with E-state index in [-0.39, 0.29) is 5.78 Å². The van der Waals surface area contributed by atoms with Crippen LogP contribution in [0.1, 0.15) is 21.2 Å². The summed E-state index contributed by atoms with van der Waals surface area (Å²) in [5.74, 6) is 0.00535. The molecule has 19 heavy (non-hydrogen) atoms. The molecule has 0 N–H and O–H groups in total. The van der Waals surface area contributed by atoms with Crippen LogP contribution in [-0.2, 0) is 17.7 Å². The highest BCUT2D eigenvalue weighted by molar-refractivity contribution is 9.10. The van der Waals surface area contributed by atoms with Gasteiger partial charge in [-0.1, -0.05) is 0 Å². The highest BCUT2D eigenvalue weighted by Crippen LogP contribution is 2.19. The van der Waals surface area contributed by atoms with Gasteiger partial charge in [-0.15, -0.1) is 11.3 Å². The third-order valence-electron chi connectivity index (χ3n) is 2.57. The Morgan fingerprint density at radius 3 is 3.00 bits per heavy atom. The number of thiazole rings is 1. The van der Waals surface area contributed by atoms with E-state index in [4.69, 9.17) is 4.74 Å². The first-order valence-corrected chi connectivity index (χ1v) is 7.43. The van der Waals surface area contributed by atoms with E-state index in [2.05, 4.69) is 26.0 Å². The van der Waals surface area contributed by atoms with E-state index >= 15 is 0 Å². The van der Waals surface area contributed by atoms with Crippen LogP contribution in [-0.4, -0.2) is 34.3 Å². The van der Waals surface area contributed by atoms with E-state index in [1.807, 2.05) is 12.3 Å². The molecule has 0 aliphatic carbocycles. The number of nitrogens with zero attached hydrogens (tertiary/aromatic N) is 3. The predicted octanol–water partition coefficient (Wildman–Crippen LogP) is 2.48. The van der Waals surface area contributed by atoms with Gasteiger partial charge >= 0.3 is 0 Å². The molecule has 0 radical (unpaired) electrons. The molecule has 0 aliphatic rings. The zero-order valence-corrected chi connectivity index (χ0v) is 13.1. The summed E-state index contributed by atoms with van der Waals surface area (Å²) in [4.78, 5) is 16.6. The molecular formula is C12H14BrN3O2S. The third kappa shape index (κ3) is 3.49. The lowest BCUT2D eigenvalue weighted by molar-refractivity contribution is 0.0977. The van der Waals surface area contributed by atoms with Crippen molar-refractivity contribution in [1.82, 2.24) is 14.8 Å². The van der Waals surface area contributed by atoms with Gasteiger partial charge in [-0.25, -0.2) is 4.98 Å². The van der Waals surface area contributed by atoms with E-state index in [1.54, 1.807) is 29.3 Å². The molecule has 0 unspecified atom stereocenters. The number of carbonyl (C=O) groups is 1. The Balaban J connectivity index is 2.16. The molecule has 2 heterocycles. The Kier molecular flexibility index (Phi) is 4.84. The lowest BCUT2D eigenvalue weighted by Gasteiger charge is -2.06. The molecule has 2 aromatic rings. The fraction of sp³-hybridized carbons (Fsp3) is 0.417. The van der Waals surface area contributed by atoms with Crippen LogP contribution in [0, 0.1) is 6.92 Å². The van der Waals surface area contributed by atoms with Gasteiger partial charge in [0.25, 0.3) is 0 Å². The molecule has 2 rings (SSSR count). The van der Waals surface area contributed by atoms with E-state index < -0.39 is 0 Å². The predicted molar refractivity (Wildman–Crippen MR) is 76.7 cm³/mol. The summed E-state index contributed by atoms with van der Waals surface area (Å²) in [6, 6.07) is 0. The molecule has 0 atom stereocenters. The van der Waals surface area contributed by atoms with Gasteiger partial charge in [0.15, 0.2) is 5.78 Å². The Bertz CT molecular complexity index is 579. The number of Topliss-reactive ketones (excluding diaryl/α,β-unsaturated/α-hetero) is 1. The molecule has 2 aromatic heterocycles. The first-order valence-electron chi connectivity index (χ1n) is 5.76. The minimum atomic E-state index is 0.00535. The van der Waals surface area contributed by atoms with Gasteiger partial charge in [0, 0.05) is 12.5 Å². The Morgan fingerprint density at radius 2 is 2.37 bits per heavy atom. The van der Waals surface area contributed by atoms with Crippen LogP contribution >= 0.6 is 27.3 Å². The van der Waals surface area contributed by atoms with Crippen molar-refractivity contribution in [1.29, 1.82) is 0 Å². The molecule has 0 aromatic carbocycles. The van der Waals surface area contributed by atoms with Crippen LogP contribution in [0.25, 0.3) is 0 Å². The van der Waals surface area contributed by atoms with Crippen LogP contribution in [0.2, 0.25) is 0 Å². The zero-order valence-electron chi connectivity index (χ0n) is 10.7. The summed E-state index contributed by atoms with van der Waals surface area (Å²) < 4.78 is 7.38. The Morgan fingerprint density at radius 1 is 1.58 bits per heavy atom. The third-order valence-corrected chi connectivity index (χ3v) is 3.98. The van der Waals surface area contributed by atoms with Gasteiger partial charge in [-0.2, -0.15) is 5.10 Å². The van der Waals surface area contributed by atoms with Crippen molar-refractivity contribution in [2.24, 2.45) is 0 Å². The van der Waals surface area contributed by atoms with Gasteiger partial charge in [-0.05, 0) is 22.9 Å². The summed E-state index contributed by atoms with van der Waals surface area (Å²) in [5, 5.41) is 7.05. The monoisotopic (exact) mass is 343 g/mol. The molecule has 0 saturated carbocycles. The normalized spacial score (nSPS) is 10.9. The highest BCUT2D eigenvalue weighted by Gasteiger charge is 2.18. The van der Waals surface area contributed by atoms with E-state index in [0.717, 1.165) is 10.7 Å². The number of carbonyl (C=O) groups excluding carboxylic acids is 1. The molecule has 102 valence electrons. The number of rotatable bonds is 6. The van der Waals surface area contributed by atoms with Crippen LogP contribution < -0.4 is 0 Å². The zero-order chi connectivity index (χ0) is 13.8. The number of aryl methyl sites for hydroxylation is 1. The topological polar surface area (TPSA) is 57.0 Å². The first-order chi connectivity index (χ1) is 9.11. The second-order valence-corrected chi connectivity index (χ2v) is 5.93. The first kappa shape index (κ1) is 14.4. The standard InChI is InChI=1S/C12H14BrN3O2S/c1-8-15-9(7-19-8)5-11(17)12-10(13)6-14-16(12)3-4-18-2/h6-7H,3-5H2,1-2H3. The molecule has 0 spiro atoms. The molecule has 0 saturated heterocycles. The molecule has 5 nitrogen and oxygen atoms in total. The lowest BCUT2D eigenvalue weighted by atomic mass is 10.2. The second-order valence-electron chi connectivity index (χ2n) is 4.01. The van der Waals surface area contributed by atoms with Gasteiger partial charge in [-0.3, -0.25) is 9.48 Å². The number of hydrogen-bond acceptors (Lipinski definition) is 5. The molecule has 0 bridgehead atoms. The summed E-state index contributed by atoms with van der Waals surface area (Å²) in [6.45, 7) is 3.00.